The van der Waals surface area contributed by atoms with Crippen molar-refractivity contribution >= 4 is 23.9 Å². The van der Waals surface area contributed by atoms with E-state index < -0.39 is 12.2 Å². The number of aryl methyl sites for hydroxylation is 2. The Hall–Kier alpha value is -2.29. The second-order valence-electron chi connectivity index (χ2n) is 4.14. The second kappa shape index (κ2) is 6.00. The summed E-state index contributed by atoms with van der Waals surface area (Å²) in [6.45, 7) is 3.71. The van der Waals surface area contributed by atoms with Gasteiger partial charge in [-0.15, -0.1) is 0 Å². The standard InChI is InChI=1S/C12H14N4O4S/c1-3-7-5-15(11(17)18)9(13-7)21-10-14-8(4-2)6-16(10)12(19)20/h5-6H,3-4H2,1-2H3,(H,17,18)(H,19,20). The molecule has 0 aromatic carbocycles. The zero-order chi connectivity index (χ0) is 15.6. The lowest BCUT2D eigenvalue weighted by Gasteiger charge is -2.02. The molecular weight excluding hydrogens is 296 g/mol. The number of nitrogens with zero attached hydrogens (tertiary/aromatic N) is 4. The van der Waals surface area contributed by atoms with E-state index in [-0.39, 0.29) is 10.3 Å². The molecular formula is C12H14N4O4S. The molecule has 9 heteroatoms. The highest BCUT2D eigenvalue weighted by atomic mass is 32.2. The fourth-order valence-electron chi connectivity index (χ4n) is 1.66. The van der Waals surface area contributed by atoms with Crippen molar-refractivity contribution in [3.05, 3.63) is 23.8 Å². The predicted molar refractivity (Wildman–Crippen MR) is 74.2 cm³/mol. The van der Waals surface area contributed by atoms with Gasteiger partial charge in [-0.05, 0) is 24.6 Å². The van der Waals surface area contributed by atoms with Crippen LogP contribution in [-0.4, -0.2) is 41.5 Å². The van der Waals surface area contributed by atoms with Gasteiger partial charge >= 0.3 is 12.2 Å². The molecule has 0 saturated carbocycles. The number of imidazole rings is 2. The third-order valence-corrected chi connectivity index (χ3v) is 3.71. The van der Waals surface area contributed by atoms with Gasteiger partial charge in [-0.1, -0.05) is 13.8 Å². The van der Waals surface area contributed by atoms with Crippen molar-refractivity contribution in [3.63, 3.8) is 0 Å². The maximum Gasteiger partial charge on any atom is 0.417 e. The van der Waals surface area contributed by atoms with E-state index in [9.17, 15) is 9.59 Å². The molecule has 0 amide bonds. The van der Waals surface area contributed by atoms with Crippen LogP contribution in [0.25, 0.3) is 0 Å². The lowest BCUT2D eigenvalue weighted by molar-refractivity contribution is 0.193. The van der Waals surface area contributed by atoms with E-state index in [2.05, 4.69) is 9.97 Å². The molecule has 0 saturated heterocycles. The molecule has 2 rings (SSSR count). The summed E-state index contributed by atoms with van der Waals surface area (Å²) in [5.74, 6) is 0. The van der Waals surface area contributed by atoms with Gasteiger partial charge in [-0.25, -0.2) is 28.7 Å². The Morgan fingerprint density at radius 3 is 1.67 bits per heavy atom. The normalized spacial score (nSPS) is 10.8. The van der Waals surface area contributed by atoms with E-state index >= 15 is 0 Å². The number of carbonyl (C=O) groups is 2. The van der Waals surface area contributed by atoms with Gasteiger partial charge in [0.2, 0.25) is 0 Å². The molecule has 0 unspecified atom stereocenters. The molecule has 8 nitrogen and oxygen atoms in total. The Bertz CT molecular complexity index is 633. The molecule has 0 aliphatic heterocycles. The Balaban J connectivity index is 2.42. The van der Waals surface area contributed by atoms with Crippen LogP contribution < -0.4 is 0 Å². The topological polar surface area (TPSA) is 110 Å². The summed E-state index contributed by atoms with van der Waals surface area (Å²) in [7, 11) is 0. The molecule has 2 N–H and O–H groups in total. The molecule has 0 fully saturated rings. The van der Waals surface area contributed by atoms with Gasteiger partial charge in [0.25, 0.3) is 0 Å². The van der Waals surface area contributed by atoms with E-state index in [0.29, 0.717) is 24.2 Å². The predicted octanol–water partition coefficient (Wildman–Crippen LogP) is 2.41. The van der Waals surface area contributed by atoms with Gasteiger partial charge in [0, 0.05) is 12.4 Å². The maximum absolute atomic E-state index is 11.2. The molecule has 21 heavy (non-hydrogen) atoms. The van der Waals surface area contributed by atoms with E-state index in [1.807, 2.05) is 13.8 Å². The molecule has 0 spiro atoms. The van der Waals surface area contributed by atoms with Crippen LogP contribution in [0.15, 0.2) is 22.7 Å². The van der Waals surface area contributed by atoms with Crippen molar-refractivity contribution in [2.75, 3.05) is 0 Å². The van der Waals surface area contributed by atoms with Crippen LogP contribution in [0.5, 0.6) is 0 Å². The molecule has 2 aromatic heterocycles. The Kier molecular flexibility index (Phi) is 4.32. The molecule has 112 valence electrons. The minimum absolute atomic E-state index is 0.176. The first-order valence-corrected chi connectivity index (χ1v) is 7.08. The molecule has 0 aliphatic rings. The van der Waals surface area contributed by atoms with Crippen LogP contribution in [0, 0.1) is 0 Å². The number of hydrogen-bond donors (Lipinski definition) is 2. The molecule has 2 heterocycles. The smallest absolute Gasteiger partial charge is 0.417 e. The molecule has 0 aliphatic carbocycles. The van der Waals surface area contributed by atoms with Crippen LogP contribution >= 0.6 is 11.8 Å². The van der Waals surface area contributed by atoms with Gasteiger partial charge in [0.15, 0.2) is 10.3 Å². The average Bonchev–Trinajstić information content (AvgIpc) is 3.02. The van der Waals surface area contributed by atoms with Gasteiger partial charge in [-0.3, -0.25) is 0 Å². The first kappa shape index (κ1) is 15.1. The summed E-state index contributed by atoms with van der Waals surface area (Å²) in [5, 5.41) is 18.6. The summed E-state index contributed by atoms with van der Waals surface area (Å²) in [6, 6.07) is 0. The number of rotatable bonds is 4. The SMILES string of the molecule is CCc1cn(C(=O)O)c(Sc2nc(CC)cn2C(=O)O)n1. The van der Waals surface area contributed by atoms with Gasteiger partial charge in [0.1, 0.15) is 0 Å². The zero-order valence-corrected chi connectivity index (χ0v) is 12.3. The highest BCUT2D eigenvalue weighted by molar-refractivity contribution is 7.99. The van der Waals surface area contributed by atoms with Crippen LogP contribution in [-0.2, 0) is 12.8 Å². The second-order valence-corrected chi connectivity index (χ2v) is 5.08. The van der Waals surface area contributed by atoms with Crippen molar-refractivity contribution in [3.8, 4) is 0 Å². The maximum atomic E-state index is 11.2. The summed E-state index contributed by atoms with van der Waals surface area (Å²) >= 11 is 0.912. The Morgan fingerprint density at radius 1 is 1.00 bits per heavy atom. The largest absolute Gasteiger partial charge is 0.464 e. The fourth-order valence-corrected chi connectivity index (χ4v) is 2.61. The summed E-state index contributed by atoms with van der Waals surface area (Å²) < 4.78 is 1.94. The van der Waals surface area contributed by atoms with E-state index in [0.717, 1.165) is 20.9 Å². The fraction of sp³-hybridized carbons (Fsp3) is 0.333. The zero-order valence-electron chi connectivity index (χ0n) is 11.5. The third-order valence-electron chi connectivity index (χ3n) is 2.77. The van der Waals surface area contributed by atoms with Gasteiger partial charge < -0.3 is 10.2 Å². The van der Waals surface area contributed by atoms with Crippen LogP contribution in [0.2, 0.25) is 0 Å². The first-order chi connectivity index (χ1) is 9.96. The summed E-state index contributed by atoms with van der Waals surface area (Å²) in [4.78, 5) is 30.7. The first-order valence-electron chi connectivity index (χ1n) is 6.27. The lowest BCUT2D eigenvalue weighted by Crippen LogP contribution is -2.10. The summed E-state index contributed by atoms with van der Waals surface area (Å²) in [5.41, 5.74) is 1.23. The Labute approximate surface area is 124 Å². The van der Waals surface area contributed by atoms with Crippen LogP contribution in [0.3, 0.4) is 0 Å². The summed E-state index contributed by atoms with van der Waals surface area (Å²) in [6.07, 6.45) is 1.66. The van der Waals surface area contributed by atoms with Crippen molar-refractivity contribution in [2.24, 2.45) is 0 Å². The van der Waals surface area contributed by atoms with Crippen LogP contribution in [0.4, 0.5) is 9.59 Å². The minimum Gasteiger partial charge on any atom is -0.464 e. The minimum atomic E-state index is -1.17. The van der Waals surface area contributed by atoms with Crippen molar-refractivity contribution in [1.29, 1.82) is 0 Å². The number of aromatic nitrogens is 4. The highest BCUT2D eigenvalue weighted by Crippen LogP contribution is 2.27. The monoisotopic (exact) mass is 310 g/mol. The Morgan fingerprint density at radius 2 is 1.38 bits per heavy atom. The quantitative estimate of drug-likeness (QED) is 0.892. The molecule has 0 atom stereocenters. The molecule has 0 bridgehead atoms. The average molecular weight is 310 g/mol. The van der Waals surface area contributed by atoms with Crippen molar-refractivity contribution in [1.82, 2.24) is 19.1 Å². The number of carboxylic acid groups (broad SMARTS) is 2. The van der Waals surface area contributed by atoms with E-state index in [1.165, 1.54) is 12.4 Å². The molecule has 0 radical (unpaired) electrons. The number of hydrogen-bond acceptors (Lipinski definition) is 5. The molecule has 2 aromatic rings. The van der Waals surface area contributed by atoms with E-state index in [4.69, 9.17) is 10.2 Å². The van der Waals surface area contributed by atoms with Crippen molar-refractivity contribution < 1.29 is 19.8 Å². The van der Waals surface area contributed by atoms with Crippen molar-refractivity contribution in [2.45, 2.75) is 37.0 Å². The highest BCUT2D eigenvalue weighted by Gasteiger charge is 2.19. The van der Waals surface area contributed by atoms with Gasteiger partial charge in [-0.2, -0.15) is 0 Å². The lowest BCUT2D eigenvalue weighted by atomic mass is 10.4. The van der Waals surface area contributed by atoms with Gasteiger partial charge in [0.05, 0.1) is 11.4 Å². The third kappa shape index (κ3) is 3.07. The van der Waals surface area contributed by atoms with Crippen LogP contribution in [0.1, 0.15) is 25.2 Å². The van der Waals surface area contributed by atoms with E-state index in [1.54, 1.807) is 0 Å².